The molecule has 1 saturated carbocycles. The second-order valence-electron chi connectivity index (χ2n) is 7.17. The molecule has 0 aromatic rings. The molecule has 2 rings (SSSR count). The monoisotopic (exact) mass is 282 g/mol. The molecule has 0 unspecified atom stereocenters. The fourth-order valence-electron chi connectivity index (χ4n) is 3.29. The van der Waals surface area contributed by atoms with Gasteiger partial charge in [0.05, 0.1) is 0 Å². The van der Waals surface area contributed by atoms with E-state index >= 15 is 0 Å². The highest BCUT2D eigenvalue weighted by Crippen LogP contribution is 2.51. The number of nitrogens with zero attached hydrogens (tertiary/aromatic N) is 1. The van der Waals surface area contributed by atoms with Crippen LogP contribution in [0.2, 0.25) is 0 Å². The van der Waals surface area contributed by atoms with E-state index < -0.39 is 0 Å². The topological polar surface area (TPSA) is 52.6 Å². The molecular formula is C16H30N2O2. The summed E-state index contributed by atoms with van der Waals surface area (Å²) in [5, 5.41) is 12.7. The summed E-state index contributed by atoms with van der Waals surface area (Å²) in [6.45, 7) is 9.23. The molecular weight excluding hydrogens is 252 g/mol. The zero-order valence-corrected chi connectivity index (χ0v) is 13.2. The van der Waals surface area contributed by atoms with Gasteiger partial charge in [0, 0.05) is 26.2 Å². The minimum atomic E-state index is 0.0480. The quantitative estimate of drug-likeness (QED) is 0.814. The van der Waals surface area contributed by atoms with Crippen molar-refractivity contribution in [2.24, 2.45) is 16.7 Å². The van der Waals surface area contributed by atoms with Crippen LogP contribution in [0.25, 0.3) is 0 Å². The number of hydrogen-bond acceptors (Lipinski definition) is 2. The van der Waals surface area contributed by atoms with Gasteiger partial charge in [-0.25, -0.2) is 4.79 Å². The molecule has 0 aromatic carbocycles. The Labute approximate surface area is 122 Å². The molecule has 2 fully saturated rings. The molecule has 1 saturated heterocycles. The highest BCUT2D eigenvalue weighted by atomic mass is 16.3. The van der Waals surface area contributed by atoms with E-state index in [1.165, 1.54) is 12.8 Å². The molecule has 0 bridgehead atoms. The Morgan fingerprint density at radius 3 is 2.25 bits per heavy atom. The summed E-state index contributed by atoms with van der Waals surface area (Å²) in [7, 11) is 0. The van der Waals surface area contributed by atoms with Gasteiger partial charge in [0.1, 0.15) is 0 Å². The molecule has 1 aliphatic heterocycles. The summed E-state index contributed by atoms with van der Waals surface area (Å²) in [5.41, 5.74) is 0.413. The lowest BCUT2D eigenvalue weighted by atomic mass is 9.77. The van der Waals surface area contributed by atoms with E-state index in [4.69, 9.17) is 0 Å². The Hall–Kier alpha value is -0.770. The summed E-state index contributed by atoms with van der Waals surface area (Å²) in [6, 6.07) is 0.0829. The van der Waals surface area contributed by atoms with Crippen molar-refractivity contribution in [1.29, 1.82) is 0 Å². The molecule has 0 atom stereocenters. The number of amides is 2. The van der Waals surface area contributed by atoms with E-state index in [0.29, 0.717) is 11.3 Å². The van der Waals surface area contributed by atoms with E-state index in [-0.39, 0.29) is 18.1 Å². The smallest absolute Gasteiger partial charge is 0.317 e. The molecule has 1 heterocycles. The molecule has 0 spiro atoms. The summed E-state index contributed by atoms with van der Waals surface area (Å²) >= 11 is 0. The van der Waals surface area contributed by atoms with E-state index in [2.05, 4.69) is 26.1 Å². The number of carbonyl (C=O) groups excluding carboxylic acids is 1. The van der Waals surface area contributed by atoms with Crippen LogP contribution >= 0.6 is 0 Å². The summed E-state index contributed by atoms with van der Waals surface area (Å²) in [4.78, 5) is 14.2. The maximum absolute atomic E-state index is 12.2. The van der Waals surface area contributed by atoms with Crippen molar-refractivity contribution in [3.8, 4) is 0 Å². The van der Waals surface area contributed by atoms with Crippen molar-refractivity contribution in [3.05, 3.63) is 0 Å². The minimum Gasteiger partial charge on any atom is -0.396 e. The fourth-order valence-corrected chi connectivity index (χ4v) is 3.29. The van der Waals surface area contributed by atoms with Gasteiger partial charge in [-0.1, -0.05) is 20.8 Å². The second-order valence-corrected chi connectivity index (χ2v) is 7.17. The average Bonchev–Trinajstić information content (AvgIpc) is 3.26. The number of piperidine rings is 1. The molecule has 0 radical (unpaired) electrons. The largest absolute Gasteiger partial charge is 0.396 e. The molecule has 2 amide bonds. The molecule has 0 aromatic heterocycles. The van der Waals surface area contributed by atoms with Gasteiger partial charge in [-0.15, -0.1) is 0 Å². The number of nitrogens with one attached hydrogen (secondary N) is 1. The van der Waals surface area contributed by atoms with Gasteiger partial charge in [0.2, 0.25) is 0 Å². The van der Waals surface area contributed by atoms with Crippen LogP contribution in [0.4, 0.5) is 4.79 Å². The minimum absolute atomic E-state index is 0.0480. The van der Waals surface area contributed by atoms with Crippen LogP contribution < -0.4 is 5.32 Å². The number of carbonyl (C=O) groups is 1. The Bertz CT molecular complexity index is 336. The van der Waals surface area contributed by atoms with Crippen LogP contribution in [-0.2, 0) is 0 Å². The average molecular weight is 282 g/mol. The van der Waals surface area contributed by atoms with Gasteiger partial charge in [-0.3, -0.25) is 0 Å². The highest BCUT2D eigenvalue weighted by Gasteiger charge is 2.45. The Morgan fingerprint density at radius 1 is 1.25 bits per heavy atom. The van der Waals surface area contributed by atoms with Crippen LogP contribution in [0.15, 0.2) is 0 Å². The van der Waals surface area contributed by atoms with Crippen LogP contribution in [0.3, 0.4) is 0 Å². The lowest BCUT2D eigenvalue weighted by Gasteiger charge is -2.40. The van der Waals surface area contributed by atoms with Crippen LogP contribution in [0.1, 0.15) is 52.9 Å². The van der Waals surface area contributed by atoms with E-state index in [1.807, 2.05) is 4.90 Å². The van der Waals surface area contributed by atoms with E-state index in [9.17, 15) is 9.90 Å². The Balaban J connectivity index is 1.78. The first-order chi connectivity index (χ1) is 9.47. The molecule has 2 N–H and O–H groups in total. The van der Waals surface area contributed by atoms with Gasteiger partial charge in [0.15, 0.2) is 0 Å². The third-order valence-electron chi connectivity index (χ3n) is 5.91. The van der Waals surface area contributed by atoms with Crippen molar-refractivity contribution in [2.45, 2.75) is 52.9 Å². The first-order valence-corrected chi connectivity index (χ1v) is 8.11. The molecule has 4 nitrogen and oxygen atoms in total. The van der Waals surface area contributed by atoms with Gasteiger partial charge >= 0.3 is 6.03 Å². The summed E-state index contributed by atoms with van der Waals surface area (Å²) in [6.07, 6.45) is 5.32. The Kier molecular flexibility index (Phi) is 4.62. The molecule has 4 heteroatoms. The normalized spacial score (nSPS) is 23.8. The van der Waals surface area contributed by atoms with Crippen LogP contribution in [0, 0.1) is 16.7 Å². The third kappa shape index (κ3) is 3.11. The fraction of sp³-hybridized carbons (Fsp3) is 0.938. The summed E-state index contributed by atoms with van der Waals surface area (Å²) < 4.78 is 0. The second kappa shape index (κ2) is 5.92. The molecule has 20 heavy (non-hydrogen) atoms. The number of hydrogen-bond donors (Lipinski definition) is 2. The maximum atomic E-state index is 12.2. The SMILES string of the molecule is CCC1(CO)CCN(C(=O)NCC2(C(C)C)CC2)CC1. The van der Waals surface area contributed by atoms with Crippen molar-refractivity contribution in [2.75, 3.05) is 26.2 Å². The van der Waals surface area contributed by atoms with Crippen molar-refractivity contribution < 1.29 is 9.90 Å². The predicted molar refractivity (Wildman–Crippen MR) is 80.5 cm³/mol. The van der Waals surface area contributed by atoms with Crippen LogP contribution in [0.5, 0.6) is 0 Å². The zero-order valence-electron chi connectivity index (χ0n) is 13.2. The van der Waals surface area contributed by atoms with Gasteiger partial charge < -0.3 is 15.3 Å². The predicted octanol–water partition coefficient (Wildman–Crippen LogP) is 2.62. The van der Waals surface area contributed by atoms with E-state index in [0.717, 1.165) is 38.9 Å². The number of aliphatic hydroxyl groups excluding tert-OH is 1. The van der Waals surface area contributed by atoms with Gasteiger partial charge in [0.25, 0.3) is 0 Å². The lowest BCUT2D eigenvalue weighted by Crippen LogP contribution is -2.49. The molecule has 116 valence electrons. The summed E-state index contributed by atoms with van der Waals surface area (Å²) in [5.74, 6) is 0.645. The maximum Gasteiger partial charge on any atom is 0.317 e. The highest BCUT2D eigenvalue weighted by molar-refractivity contribution is 5.74. The van der Waals surface area contributed by atoms with Crippen LogP contribution in [-0.4, -0.2) is 42.3 Å². The van der Waals surface area contributed by atoms with Gasteiger partial charge in [-0.2, -0.15) is 0 Å². The first-order valence-electron chi connectivity index (χ1n) is 8.11. The lowest BCUT2D eigenvalue weighted by molar-refractivity contribution is 0.0516. The number of rotatable bonds is 5. The van der Waals surface area contributed by atoms with Crippen molar-refractivity contribution in [3.63, 3.8) is 0 Å². The number of aliphatic hydroxyl groups is 1. The van der Waals surface area contributed by atoms with Crippen molar-refractivity contribution >= 4 is 6.03 Å². The molecule has 2 aliphatic rings. The van der Waals surface area contributed by atoms with Crippen molar-refractivity contribution in [1.82, 2.24) is 10.2 Å². The zero-order chi connectivity index (χ0) is 14.8. The third-order valence-corrected chi connectivity index (χ3v) is 5.91. The Morgan fingerprint density at radius 2 is 1.85 bits per heavy atom. The van der Waals surface area contributed by atoms with Gasteiger partial charge in [-0.05, 0) is 48.9 Å². The number of urea groups is 1. The van der Waals surface area contributed by atoms with E-state index in [1.54, 1.807) is 0 Å². The first kappa shape index (κ1) is 15.6. The number of likely N-dealkylation sites (tertiary alicyclic amines) is 1. The standard InChI is InChI=1S/C16H30N2O2/c1-4-15(12-19)7-9-18(10-8-15)14(20)17-11-16(5-6-16)13(2)3/h13,19H,4-12H2,1-3H3,(H,17,20). The molecule has 1 aliphatic carbocycles.